The largest absolute Gasteiger partial charge is 0.493 e. The number of halogens is 1. The number of sulfonamides is 1. The van der Waals surface area contributed by atoms with Crippen LogP contribution in [0.3, 0.4) is 0 Å². The Hall–Kier alpha value is -2.33. The van der Waals surface area contributed by atoms with E-state index >= 15 is 0 Å². The summed E-state index contributed by atoms with van der Waals surface area (Å²) < 4.78 is 44.3. The highest BCUT2D eigenvalue weighted by molar-refractivity contribution is 7.89. The summed E-state index contributed by atoms with van der Waals surface area (Å²) in [7, 11) is -2.34. The molecule has 1 aliphatic heterocycles. The van der Waals surface area contributed by atoms with E-state index < -0.39 is 15.9 Å². The third kappa shape index (κ3) is 5.97. The van der Waals surface area contributed by atoms with Crippen molar-refractivity contribution in [2.75, 3.05) is 26.8 Å². The number of ether oxygens (including phenoxy) is 3. The van der Waals surface area contributed by atoms with Gasteiger partial charge in [0.05, 0.1) is 30.9 Å². The van der Waals surface area contributed by atoms with Crippen LogP contribution in [0.1, 0.15) is 36.7 Å². The zero-order valence-corrected chi connectivity index (χ0v) is 20.7. The molecule has 10 heteroatoms. The summed E-state index contributed by atoms with van der Waals surface area (Å²) in [4.78, 5) is 12.7. The van der Waals surface area contributed by atoms with Crippen molar-refractivity contribution in [2.45, 2.75) is 44.4 Å². The van der Waals surface area contributed by atoms with E-state index in [0.29, 0.717) is 18.1 Å². The Morgan fingerprint density at radius 3 is 2.48 bits per heavy atom. The first kappa shape index (κ1) is 25.3. The van der Waals surface area contributed by atoms with Crippen LogP contribution in [-0.4, -0.2) is 57.6 Å². The van der Waals surface area contributed by atoms with Crippen LogP contribution in [0.25, 0.3) is 0 Å². The summed E-state index contributed by atoms with van der Waals surface area (Å²) in [5, 5.41) is 2.87. The van der Waals surface area contributed by atoms with E-state index in [9.17, 15) is 13.2 Å². The molecule has 0 saturated carbocycles. The zero-order valence-electron chi connectivity index (χ0n) is 19.1. The molecule has 8 nitrogen and oxygen atoms in total. The van der Waals surface area contributed by atoms with E-state index in [0.717, 1.165) is 5.56 Å². The molecule has 0 radical (unpaired) electrons. The Labute approximate surface area is 199 Å². The molecule has 1 aliphatic rings. The second-order valence-corrected chi connectivity index (χ2v) is 10.1. The molecule has 33 heavy (non-hydrogen) atoms. The number of nitrogens with zero attached hydrogens (tertiary/aromatic N) is 1. The number of benzene rings is 2. The van der Waals surface area contributed by atoms with Crippen LogP contribution >= 0.6 is 11.6 Å². The predicted octanol–water partition coefficient (Wildman–Crippen LogP) is 3.48. The molecule has 2 aromatic rings. The molecule has 2 atom stereocenters. The first-order valence-electron chi connectivity index (χ1n) is 10.7. The van der Waals surface area contributed by atoms with Crippen LogP contribution < -0.4 is 14.8 Å². The molecule has 1 saturated heterocycles. The second-order valence-electron chi connectivity index (χ2n) is 7.83. The van der Waals surface area contributed by atoms with E-state index in [4.69, 9.17) is 25.8 Å². The number of carbonyl (C=O) groups excluding carboxylic acids is 1. The van der Waals surface area contributed by atoms with Gasteiger partial charge in [-0.3, -0.25) is 4.79 Å². The lowest BCUT2D eigenvalue weighted by Crippen LogP contribution is -2.48. The highest BCUT2D eigenvalue weighted by Gasteiger charge is 2.33. The summed E-state index contributed by atoms with van der Waals surface area (Å²) >= 11 is 6.23. The number of amides is 1. The molecule has 2 aromatic carbocycles. The number of carbonyl (C=O) groups is 1. The lowest BCUT2D eigenvalue weighted by molar-refractivity contribution is -0.0440. The van der Waals surface area contributed by atoms with E-state index in [2.05, 4.69) is 5.32 Å². The first-order chi connectivity index (χ1) is 15.6. The highest BCUT2D eigenvalue weighted by atomic mass is 35.5. The van der Waals surface area contributed by atoms with E-state index in [1.54, 1.807) is 19.2 Å². The average Bonchev–Trinajstić information content (AvgIpc) is 2.77. The van der Waals surface area contributed by atoms with Gasteiger partial charge in [-0.05, 0) is 56.7 Å². The van der Waals surface area contributed by atoms with Crippen LogP contribution in [0.4, 0.5) is 0 Å². The van der Waals surface area contributed by atoms with Crippen molar-refractivity contribution in [1.29, 1.82) is 0 Å². The first-order valence-corrected chi connectivity index (χ1v) is 12.5. The number of methoxy groups -OCH3 is 1. The normalized spacial score (nSPS) is 19.2. The second kappa shape index (κ2) is 10.7. The maximum absolute atomic E-state index is 13.2. The monoisotopic (exact) mass is 496 g/mol. The smallest absolute Gasteiger partial charge is 0.251 e. The minimum atomic E-state index is -3.89. The molecule has 1 fully saturated rings. The molecular formula is C23H29ClN2O6S. The Kier molecular flexibility index (Phi) is 8.23. The van der Waals surface area contributed by atoms with Gasteiger partial charge in [-0.1, -0.05) is 17.7 Å². The Morgan fingerprint density at radius 1 is 1.15 bits per heavy atom. The number of hydrogen-bond donors (Lipinski definition) is 1. The highest BCUT2D eigenvalue weighted by Crippen LogP contribution is 2.29. The van der Waals surface area contributed by atoms with Gasteiger partial charge in [0.25, 0.3) is 5.91 Å². The van der Waals surface area contributed by atoms with Crippen molar-refractivity contribution >= 4 is 27.5 Å². The molecular weight excluding hydrogens is 468 g/mol. The number of hydrogen-bond acceptors (Lipinski definition) is 6. The van der Waals surface area contributed by atoms with Gasteiger partial charge in [0.15, 0.2) is 11.5 Å². The fraction of sp³-hybridized carbons (Fsp3) is 0.435. The quantitative estimate of drug-likeness (QED) is 0.601. The molecule has 180 valence electrons. The predicted molar refractivity (Wildman–Crippen MR) is 126 cm³/mol. The molecule has 0 aromatic heterocycles. The van der Waals surface area contributed by atoms with Crippen molar-refractivity contribution in [3.8, 4) is 11.5 Å². The van der Waals surface area contributed by atoms with Gasteiger partial charge >= 0.3 is 0 Å². The summed E-state index contributed by atoms with van der Waals surface area (Å²) in [6, 6.07) is 9.63. The van der Waals surface area contributed by atoms with Gasteiger partial charge < -0.3 is 19.5 Å². The van der Waals surface area contributed by atoms with Crippen LogP contribution in [0.2, 0.25) is 5.02 Å². The number of morpholine rings is 1. The minimum absolute atomic E-state index is 0.0644. The van der Waals surface area contributed by atoms with Gasteiger partial charge in [-0.25, -0.2) is 8.42 Å². The lowest BCUT2D eigenvalue weighted by atomic mass is 10.1. The van der Waals surface area contributed by atoms with Gasteiger partial charge in [-0.15, -0.1) is 0 Å². The molecule has 1 N–H and O–H groups in total. The zero-order chi connectivity index (χ0) is 24.2. The lowest BCUT2D eigenvalue weighted by Gasteiger charge is -2.34. The van der Waals surface area contributed by atoms with E-state index in [-0.39, 0.29) is 47.3 Å². The van der Waals surface area contributed by atoms with Crippen molar-refractivity contribution < 1.29 is 27.4 Å². The minimum Gasteiger partial charge on any atom is -0.493 e. The van der Waals surface area contributed by atoms with Crippen molar-refractivity contribution in [1.82, 2.24) is 9.62 Å². The maximum atomic E-state index is 13.2. The van der Waals surface area contributed by atoms with Crippen LogP contribution in [0.5, 0.6) is 11.5 Å². The summed E-state index contributed by atoms with van der Waals surface area (Å²) in [6.07, 6.45) is -0.472. The summed E-state index contributed by atoms with van der Waals surface area (Å²) in [5.74, 6) is 0.770. The fourth-order valence-electron chi connectivity index (χ4n) is 3.69. The third-order valence-corrected chi connectivity index (χ3v) is 7.49. The standard InChI is InChI=1S/C23H29ClN2O6S/c1-5-31-20-9-6-17(10-21(20)30-4)12-25-23(27)18-7-8-19(24)22(11-18)33(28,29)26-13-15(2)32-16(3)14-26/h6-11,15-16H,5,12-14H2,1-4H3,(H,25,27). The molecule has 1 amide bonds. The van der Waals surface area contributed by atoms with Gasteiger partial charge in [0.2, 0.25) is 10.0 Å². The fourth-order valence-corrected chi connectivity index (χ4v) is 5.78. The van der Waals surface area contributed by atoms with Crippen LogP contribution in [0.15, 0.2) is 41.3 Å². The molecule has 0 spiro atoms. The van der Waals surface area contributed by atoms with Crippen molar-refractivity contribution in [3.05, 3.63) is 52.5 Å². The van der Waals surface area contributed by atoms with Crippen molar-refractivity contribution in [3.63, 3.8) is 0 Å². The van der Waals surface area contributed by atoms with Gasteiger partial charge in [-0.2, -0.15) is 4.31 Å². The van der Waals surface area contributed by atoms with E-state index in [1.807, 2.05) is 26.8 Å². The molecule has 2 unspecified atom stereocenters. The summed E-state index contributed by atoms with van der Waals surface area (Å²) in [6.45, 7) is 6.70. The SMILES string of the molecule is CCOc1ccc(CNC(=O)c2ccc(Cl)c(S(=O)(=O)N3CC(C)OC(C)C3)c2)cc1OC. The number of rotatable bonds is 8. The topological polar surface area (TPSA) is 94.2 Å². The summed E-state index contributed by atoms with van der Waals surface area (Å²) in [5.41, 5.74) is 1.01. The molecule has 1 heterocycles. The maximum Gasteiger partial charge on any atom is 0.251 e. The molecule has 0 bridgehead atoms. The van der Waals surface area contributed by atoms with Crippen molar-refractivity contribution in [2.24, 2.45) is 0 Å². The van der Waals surface area contributed by atoms with Gasteiger partial charge in [0, 0.05) is 25.2 Å². The Bertz CT molecular complexity index is 1100. The van der Waals surface area contributed by atoms with Gasteiger partial charge in [0.1, 0.15) is 4.90 Å². The molecule has 3 rings (SSSR count). The molecule has 0 aliphatic carbocycles. The number of nitrogens with one attached hydrogen (secondary N) is 1. The third-order valence-electron chi connectivity index (χ3n) is 5.18. The average molecular weight is 497 g/mol. The Balaban J connectivity index is 1.77. The Morgan fingerprint density at radius 2 is 1.85 bits per heavy atom. The van der Waals surface area contributed by atoms with Crippen LogP contribution in [-0.2, 0) is 21.3 Å². The van der Waals surface area contributed by atoms with E-state index in [1.165, 1.54) is 22.5 Å². The van der Waals surface area contributed by atoms with Crippen LogP contribution in [0, 0.1) is 0 Å².